The molecule has 1 nitrogen and oxygen atoms in total. The number of halogens is 2. The molecular weight excluding hydrogens is 153 g/mol. The van der Waals surface area contributed by atoms with Crippen LogP contribution in [0, 0.1) is 12.0 Å². The Morgan fingerprint density at radius 1 is 1.56 bits per heavy atom. The molecule has 0 aliphatic carbocycles. The molecule has 0 N–H and O–H groups in total. The minimum Gasteiger partial charge on any atom is -1.00 e. The SMILES string of the molecule is Fc1c[c-]ncc1.[Cl-].[Mg+2]. The van der Waals surface area contributed by atoms with Gasteiger partial charge in [-0.3, -0.25) is 4.39 Å². The van der Waals surface area contributed by atoms with Crippen LogP contribution in [0.25, 0.3) is 0 Å². The van der Waals surface area contributed by atoms with E-state index in [1.54, 1.807) is 0 Å². The Morgan fingerprint density at radius 2 is 2.22 bits per heavy atom. The summed E-state index contributed by atoms with van der Waals surface area (Å²) in [5.74, 6) is -0.296. The van der Waals surface area contributed by atoms with E-state index in [1.807, 2.05) is 0 Å². The molecule has 0 aromatic carbocycles. The van der Waals surface area contributed by atoms with E-state index in [2.05, 4.69) is 11.2 Å². The van der Waals surface area contributed by atoms with Gasteiger partial charge >= 0.3 is 23.1 Å². The van der Waals surface area contributed by atoms with Crippen molar-refractivity contribution in [3.05, 3.63) is 30.3 Å². The molecule has 0 radical (unpaired) electrons. The van der Waals surface area contributed by atoms with Crippen LogP contribution in [0.5, 0.6) is 0 Å². The molecule has 4 heteroatoms. The van der Waals surface area contributed by atoms with Crippen molar-refractivity contribution in [2.75, 3.05) is 0 Å². The summed E-state index contributed by atoms with van der Waals surface area (Å²) in [6.45, 7) is 0. The standard InChI is InChI=1S/C5H3FN.ClH.Mg/c6-5-1-3-7-4-2-5;;/h1-3H;1H;/q-1;;+2/p-1. The Bertz CT molecular complexity index is 147. The Kier molecular flexibility index (Phi) is 8.26. The second-order valence-corrected chi connectivity index (χ2v) is 1.10. The molecule has 0 aliphatic heterocycles. The van der Waals surface area contributed by atoms with Crippen LogP contribution in [-0.2, 0) is 0 Å². The van der Waals surface area contributed by atoms with E-state index in [0.29, 0.717) is 0 Å². The molecule has 0 fully saturated rings. The summed E-state index contributed by atoms with van der Waals surface area (Å²) in [5, 5.41) is 0. The van der Waals surface area contributed by atoms with Gasteiger partial charge < -0.3 is 17.4 Å². The van der Waals surface area contributed by atoms with Crippen LogP contribution in [-0.4, -0.2) is 28.0 Å². The third-order valence-electron chi connectivity index (χ3n) is 0.585. The first kappa shape index (κ1) is 11.9. The maximum atomic E-state index is 11.8. The van der Waals surface area contributed by atoms with E-state index >= 15 is 0 Å². The van der Waals surface area contributed by atoms with Gasteiger partial charge in [-0.25, -0.2) is 0 Å². The van der Waals surface area contributed by atoms with E-state index in [0.717, 1.165) is 0 Å². The van der Waals surface area contributed by atoms with Gasteiger partial charge in [-0.05, 0) is 0 Å². The maximum absolute atomic E-state index is 11.8. The van der Waals surface area contributed by atoms with Crippen molar-refractivity contribution in [2.45, 2.75) is 0 Å². The Morgan fingerprint density at radius 3 is 2.44 bits per heavy atom. The molecule has 0 atom stereocenters. The summed E-state index contributed by atoms with van der Waals surface area (Å²) in [6, 6.07) is 2.45. The van der Waals surface area contributed by atoms with Crippen molar-refractivity contribution in [2.24, 2.45) is 0 Å². The molecule has 0 saturated heterocycles. The fourth-order valence-electron chi connectivity index (χ4n) is 0.299. The summed E-state index contributed by atoms with van der Waals surface area (Å²) in [4.78, 5) is 3.48. The van der Waals surface area contributed by atoms with Crippen molar-refractivity contribution in [1.82, 2.24) is 4.98 Å². The summed E-state index contributed by atoms with van der Waals surface area (Å²) in [6.07, 6.45) is 3.69. The molecule has 0 bridgehead atoms. The Labute approximate surface area is 75.2 Å². The Balaban J connectivity index is 0. The van der Waals surface area contributed by atoms with Gasteiger partial charge in [0.1, 0.15) is 0 Å². The molecule has 1 aromatic rings. The minimum absolute atomic E-state index is 0. The number of rotatable bonds is 0. The van der Waals surface area contributed by atoms with Gasteiger partial charge in [0.05, 0.1) is 0 Å². The number of hydrogen-bond acceptors (Lipinski definition) is 1. The smallest absolute Gasteiger partial charge is 1.00 e. The van der Waals surface area contributed by atoms with Gasteiger partial charge in [0, 0.05) is 5.82 Å². The maximum Gasteiger partial charge on any atom is 2.00 e. The zero-order valence-electron chi connectivity index (χ0n) is 4.64. The van der Waals surface area contributed by atoms with Crippen molar-refractivity contribution in [1.29, 1.82) is 0 Å². The van der Waals surface area contributed by atoms with Gasteiger partial charge in [-0.15, -0.1) is 12.1 Å². The third-order valence-corrected chi connectivity index (χ3v) is 0.585. The van der Waals surface area contributed by atoms with Gasteiger partial charge in [-0.1, -0.05) is 12.4 Å². The molecular formula is C5H3ClFMgN. The minimum atomic E-state index is -0.296. The van der Waals surface area contributed by atoms with E-state index in [1.165, 1.54) is 18.3 Å². The van der Waals surface area contributed by atoms with Crippen molar-refractivity contribution >= 4 is 23.1 Å². The molecule has 0 aliphatic rings. The van der Waals surface area contributed by atoms with Crippen molar-refractivity contribution < 1.29 is 16.8 Å². The van der Waals surface area contributed by atoms with Crippen LogP contribution in [0.15, 0.2) is 18.3 Å². The van der Waals surface area contributed by atoms with Gasteiger partial charge in [0.2, 0.25) is 0 Å². The summed E-state index contributed by atoms with van der Waals surface area (Å²) >= 11 is 0. The first-order valence-electron chi connectivity index (χ1n) is 1.87. The van der Waals surface area contributed by atoms with E-state index < -0.39 is 0 Å². The normalized spacial score (nSPS) is 6.78. The molecule has 44 valence electrons. The summed E-state index contributed by atoms with van der Waals surface area (Å²) in [5.41, 5.74) is 0. The molecule has 1 aromatic heterocycles. The topological polar surface area (TPSA) is 12.9 Å². The zero-order valence-corrected chi connectivity index (χ0v) is 6.81. The average Bonchev–Trinajstić information content (AvgIpc) is 1.69. The van der Waals surface area contributed by atoms with Crippen LogP contribution in [0.4, 0.5) is 4.39 Å². The number of pyridine rings is 1. The van der Waals surface area contributed by atoms with E-state index in [-0.39, 0.29) is 41.3 Å². The average molecular weight is 156 g/mol. The van der Waals surface area contributed by atoms with Gasteiger partial charge in [-0.2, -0.15) is 0 Å². The molecule has 9 heavy (non-hydrogen) atoms. The van der Waals surface area contributed by atoms with Crippen LogP contribution in [0.2, 0.25) is 0 Å². The van der Waals surface area contributed by atoms with Crippen LogP contribution in [0.3, 0.4) is 0 Å². The number of aromatic nitrogens is 1. The predicted octanol–water partition coefficient (Wildman–Crippen LogP) is -2.36. The zero-order chi connectivity index (χ0) is 5.11. The van der Waals surface area contributed by atoms with Crippen molar-refractivity contribution in [3.63, 3.8) is 0 Å². The van der Waals surface area contributed by atoms with E-state index in [4.69, 9.17) is 0 Å². The molecule has 0 saturated carbocycles. The molecule has 1 rings (SSSR count). The largest absolute Gasteiger partial charge is 2.00 e. The second kappa shape index (κ2) is 6.26. The third kappa shape index (κ3) is 4.63. The monoisotopic (exact) mass is 155 g/mol. The Hall–Kier alpha value is 0.136. The van der Waals surface area contributed by atoms with E-state index in [9.17, 15) is 4.39 Å². The second-order valence-electron chi connectivity index (χ2n) is 1.10. The molecule has 0 amide bonds. The van der Waals surface area contributed by atoms with Gasteiger partial charge in [0.25, 0.3) is 0 Å². The first-order chi connectivity index (χ1) is 3.39. The summed E-state index contributed by atoms with van der Waals surface area (Å²) in [7, 11) is 0. The predicted molar refractivity (Wildman–Crippen MR) is 28.8 cm³/mol. The number of hydrogen-bond donors (Lipinski definition) is 0. The number of nitrogens with zero attached hydrogens (tertiary/aromatic N) is 1. The quantitative estimate of drug-likeness (QED) is 0.302. The van der Waals surface area contributed by atoms with Crippen molar-refractivity contribution in [3.8, 4) is 0 Å². The molecule has 1 heterocycles. The first-order valence-corrected chi connectivity index (χ1v) is 1.87. The van der Waals surface area contributed by atoms with Crippen LogP contribution >= 0.6 is 0 Å². The van der Waals surface area contributed by atoms with Crippen LogP contribution in [0.1, 0.15) is 0 Å². The fourth-order valence-corrected chi connectivity index (χ4v) is 0.299. The molecule has 0 spiro atoms. The fraction of sp³-hybridized carbons (Fsp3) is 0. The molecule has 0 unspecified atom stereocenters. The summed E-state index contributed by atoms with van der Waals surface area (Å²) < 4.78 is 11.8. The van der Waals surface area contributed by atoms with Gasteiger partial charge in [0.15, 0.2) is 0 Å². The van der Waals surface area contributed by atoms with Crippen LogP contribution < -0.4 is 12.4 Å².